The van der Waals surface area contributed by atoms with E-state index in [1.165, 1.54) is 93.5 Å². The number of benzene rings is 5. The van der Waals surface area contributed by atoms with Gasteiger partial charge in [0.25, 0.3) is 0 Å². The average Bonchev–Trinajstić information content (AvgIpc) is 4.03. The third-order valence-corrected chi connectivity index (χ3v) is 18.0. The van der Waals surface area contributed by atoms with Crippen LogP contribution in [0.2, 0.25) is 0 Å². The normalized spacial score (nSPS) is 16.7. The summed E-state index contributed by atoms with van der Waals surface area (Å²) in [5.41, 5.74) is 14.5. The van der Waals surface area contributed by atoms with Gasteiger partial charge in [0.15, 0.2) is 0 Å². The van der Waals surface area contributed by atoms with Crippen LogP contribution in [0.15, 0.2) is 106 Å². The molecule has 1 atom stereocenters. The van der Waals surface area contributed by atoms with Crippen LogP contribution in [0.25, 0.3) is 0 Å². The topological polar surface area (TPSA) is 6.48 Å². The van der Waals surface area contributed by atoms with Crippen LogP contribution in [0.4, 0.5) is 34.1 Å². The van der Waals surface area contributed by atoms with Crippen molar-refractivity contribution in [1.82, 2.24) is 0 Å². The third kappa shape index (κ3) is 7.21. The van der Waals surface area contributed by atoms with E-state index in [0.717, 1.165) is 24.2 Å². The number of alkyl halides is 2. The van der Waals surface area contributed by atoms with E-state index in [-0.39, 0.29) is 0 Å². The molecular formula is C45H49Br2IN2. The summed E-state index contributed by atoms with van der Waals surface area (Å²) in [4.78, 5) is 4.91. The zero-order valence-electron chi connectivity index (χ0n) is 30.3. The molecule has 5 heteroatoms. The molecule has 1 aliphatic heterocycles. The number of anilines is 6. The van der Waals surface area contributed by atoms with E-state index in [4.69, 9.17) is 0 Å². The molecule has 7 rings (SSSR count). The number of rotatable bonds is 12. The molecular weight excluding hydrogens is 855 g/mol. The fourth-order valence-electron chi connectivity index (χ4n) is 8.00. The van der Waals surface area contributed by atoms with Gasteiger partial charge >= 0.3 is 225 Å². The van der Waals surface area contributed by atoms with Gasteiger partial charge in [0.1, 0.15) is 0 Å². The summed E-state index contributed by atoms with van der Waals surface area (Å²) in [6.45, 7) is 13.9. The van der Waals surface area contributed by atoms with E-state index < -0.39 is 19.8 Å². The summed E-state index contributed by atoms with van der Waals surface area (Å²) in [7, 11) is 0. The number of hydrogen-bond acceptors (Lipinski definition) is 2. The van der Waals surface area contributed by atoms with Crippen molar-refractivity contribution < 1.29 is 0 Å². The van der Waals surface area contributed by atoms with Crippen molar-refractivity contribution in [2.45, 2.75) is 89.4 Å². The zero-order valence-corrected chi connectivity index (χ0v) is 35.6. The Morgan fingerprint density at radius 2 is 1.00 bits per heavy atom. The van der Waals surface area contributed by atoms with Crippen molar-refractivity contribution in [2.24, 2.45) is 0 Å². The van der Waals surface area contributed by atoms with Crippen molar-refractivity contribution in [3.8, 4) is 0 Å². The Labute approximate surface area is 324 Å². The second kappa shape index (κ2) is 14.8. The van der Waals surface area contributed by atoms with Crippen molar-refractivity contribution in [1.29, 1.82) is 0 Å². The predicted molar refractivity (Wildman–Crippen MR) is 232 cm³/mol. The van der Waals surface area contributed by atoms with Crippen molar-refractivity contribution >= 4 is 85.8 Å². The monoisotopic (exact) mass is 902 g/mol. The summed E-state index contributed by atoms with van der Waals surface area (Å²) in [6, 6.07) is 36.7. The molecule has 1 saturated heterocycles. The second-order valence-corrected chi connectivity index (χ2v) is 22.4. The average molecular weight is 905 g/mol. The first kappa shape index (κ1) is 35.8. The summed E-state index contributed by atoms with van der Waals surface area (Å²) >= 11 is 6.35. The molecule has 2 fully saturated rings. The molecule has 1 unspecified atom stereocenters. The first-order valence-electron chi connectivity index (χ1n) is 18.2. The van der Waals surface area contributed by atoms with Crippen LogP contribution in [0.3, 0.4) is 0 Å². The number of hydrogen-bond donors (Lipinski definition) is 0. The van der Waals surface area contributed by atoms with E-state index in [2.05, 4.69) is 180 Å². The van der Waals surface area contributed by atoms with Crippen molar-refractivity contribution in [2.75, 3.05) is 14.2 Å². The van der Waals surface area contributed by atoms with E-state index >= 15 is 0 Å². The van der Waals surface area contributed by atoms with E-state index in [1.807, 2.05) is 0 Å². The van der Waals surface area contributed by atoms with Crippen LogP contribution in [0.5, 0.6) is 0 Å². The molecule has 2 aliphatic rings. The standard InChI is InChI=1S/C45H49Br2IN2/c1-7-9-37-29-48(37)38-27-32(5)44(33(6)28-38)50(40-16-12-36(47)13-17-40)42-20-18-41(19-21-42)49(39-14-10-35(46)11-15-39)43-30(3)25-34(26-31(43)4)45(22-8-2)23-24-45/h10-21,25-28,37H,7-9,22-24,29H2,1-6H3. The molecule has 1 heterocycles. The quantitative estimate of drug-likeness (QED) is 0.0909. The van der Waals surface area contributed by atoms with Crippen LogP contribution in [0.1, 0.15) is 80.2 Å². The fourth-order valence-corrected chi connectivity index (χ4v) is 15.6. The van der Waals surface area contributed by atoms with Gasteiger partial charge in [-0.3, -0.25) is 0 Å². The third-order valence-electron chi connectivity index (χ3n) is 10.6. The molecule has 5 aromatic rings. The van der Waals surface area contributed by atoms with Gasteiger partial charge in [0.2, 0.25) is 0 Å². The Bertz CT molecular complexity index is 1930. The molecule has 0 aromatic heterocycles. The Morgan fingerprint density at radius 3 is 1.38 bits per heavy atom. The van der Waals surface area contributed by atoms with Gasteiger partial charge in [-0.05, 0) is 56.2 Å². The fraction of sp³-hybridized carbons (Fsp3) is 0.333. The van der Waals surface area contributed by atoms with Crippen molar-refractivity contribution in [3.05, 3.63) is 137 Å². The Hall–Kier alpha value is -2.61. The van der Waals surface area contributed by atoms with Crippen LogP contribution in [-0.2, 0) is 5.41 Å². The Balaban J connectivity index is 1.30. The first-order valence-corrected chi connectivity index (χ1v) is 23.6. The van der Waals surface area contributed by atoms with E-state index in [0.29, 0.717) is 5.41 Å². The molecule has 1 saturated carbocycles. The zero-order chi connectivity index (χ0) is 35.2. The van der Waals surface area contributed by atoms with Gasteiger partial charge in [-0.25, -0.2) is 0 Å². The van der Waals surface area contributed by atoms with Gasteiger partial charge in [-0.2, -0.15) is 0 Å². The van der Waals surface area contributed by atoms with Gasteiger partial charge < -0.3 is 0 Å². The van der Waals surface area contributed by atoms with Crippen LogP contribution in [0, 0.1) is 31.3 Å². The number of halogens is 3. The van der Waals surface area contributed by atoms with Crippen molar-refractivity contribution in [3.63, 3.8) is 0 Å². The van der Waals surface area contributed by atoms with Crippen LogP contribution in [-0.4, -0.2) is 8.35 Å². The first-order chi connectivity index (χ1) is 24.1. The molecule has 0 radical (unpaired) electrons. The predicted octanol–water partition coefficient (Wildman–Crippen LogP) is 15.1. The summed E-state index contributed by atoms with van der Waals surface area (Å²) in [5.74, 6) is 0. The minimum absolute atomic E-state index is 0.385. The summed E-state index contributed by atoms with van der Waals surface area (Å²) in [5, 5.41) is 0. The molecule has 1 aliphatic carbocycles. The SMILES string of the molecule is CCCC1CI1c1cc(C)c(N(c2ccc(Br)cc2)c2ccc(N(c3ccc(Br)cc3)c3c(C)cc(C4(CCC)CC4)cc3C)cc2)c(C)c1. The number of aryl methyl sites for hydroxylation is 4. The van der Waals surface area contributed by atoms with Gasteiger partial charge in [0, 0.05) is 4.47 Å². The maximum absolute atomic E-state index is 3.68. The second-order valence-electron chi connectivity index (χ2n) is 14.5. The Morgan fingerprint density at radius 1 is 0.600 bits per heavy atom. The summed E-state index contributed by atoms with van der Waals surface area (Å²) in [6.07, 6.45) is 7.86. The van der Waals surface area contributed by atoms with Crippen LogP contribution >= 0.6 is 51.7 Å². The van der Waals surface area contributed by atoms with Gasteiger partial charge in [0.05, 0.1) is 0 Å². The molecule has 0 bridgehead atoms. The molecule has 0 N–H and O–H groups in total. The molecule has 260 valence electrons. The number of nitrogens with zero attached hydrogens (tertiary/aromatic N) is 2. The maximum atomic E-state index is 3.68. The van der Waals surface area contributed by atoms with Gasteiger partial charge in [-0.1, -0.05) is 41.4 Å². The van der Waals surface area contributed by atoms with Gasteiger partial charge in [-0.15, -0.1) is 0 Å². The van der Waals surface area contributed by atoms with E-state index in [9.17, 15) is 0 Å². The molecule has 5 aromatic carbocycles. The molecule has 0 amide bonds. The molecule has 0 spiro atoms. The van der Waals surface area contributed by atoms with Crippen LogP contribution < -0.4 is 9.80 Å². The molecule has 50 heavy (non-hydrogen) atoms. The Kier molecular flexibility index (Phi) is 10.6. The molecule has 2 nitrogen and oxygen atoms in total. The van der Waals surface area contributed by atoms with E-state index in [1.54, 1.807) is 3.57 Å². The summed E-state index contributed by atoms with van der Waals surface area (Å²) < 4.78 is 6.34. The minimum atomic E-state index is -1.01.